The van der Waals surface area contributed by atoms with E-state index < -0.39 is 0 Å². The van der Waals surface area contributed by atoms with E-state index in [1.165, 1.54) is 11.3 Å². The maximum Gasteiger partial charge on any atom is 0.235 e. The Morgan fingerprint density at radius 1 is 1.00 bits per heavy atom. The van der Waals surface area contributed by atoms with Gasteiger partial charge in [0.2, 0.25) is 4.96 Å². The van der Waals surface area contributed by atoms with Crippen molar-refractivity contribution in [2.75, 3.05) is 0 Å². The van der Waals surface area contributed by atoms with Crippen molar-refractivity contribution in [1.82, 2.24) is 19.8 Å². The fourth-order valence-corrected chi connectivity index (χ4v) is 3.80. The van der Waals surface area contributed by atoms with Gasteiger partial charge < -0.3 is 0 Å². The van der Waals surface area contributed by atoms with Crippen LogP contribution in [0.4, 0.5) is 0 Å². The molecule has 124 valence electrons. The molecule has 0 saturated heterocycles. The summed E-state index contributed by atoms with van der Waals surface area (Å²) < 4.78 is 2.70. The molecular weight excluding hydrogens is 443 g/mol. The molecule has 4 nitrogen and oxygen atoms in total. The molecule has 25 heavy (non-hydrogen) atoms. The van der Waals surface area contributed by atoms with Gasteiger partial charge in [0.15, 0.2) is 5.82 Å². The monoisotopic (exact) mass is 450 g/mol. The van der Waals surface area contributed by atoms with Gasteiger partial charge in [-0.3, -0.25) is 0 Å². The SMILES string of the molecule is Clc1ccc(C=Cc2nn3c(-c4ccccc4Br)nnc3s2)cc1Cl. The molecular formula is C17H9BrCl2N4S. The van der Waals surface area contributed by atoms with Gasteiger partial charge in [0, 0.05) is 10.0 Å². The van der Waals surface area contributed by atoms with Gasteiger partial charge in [-0.15, -0.1) is 10.2 Å². The van der Waals surface area contributed by atoms with Gasteiger partial charge in [0.05, 0.1) is 10.0 Å². The summed E-state index contributed by atoms with van der Waals surface area (Å²) in [6.45, 7) is 0. The third kappa shape index (κ3) is 3.35. The molecule has 0 atom stereocenters. The highest BCUT2D eigenvalue weighted by Gasteiger charge is 2.14. The van der Waals surface area contributed by atoms with Gasteiger partial charge in [0.25, 0.3) is 0 Å². The van der Waals surface area contributed by atoms with E-state index in [1.807, 2.05) is 48.6 Å². The summed E-state index contributed by atoms with van der Waals surface area (Å²) in [4.78, 5) is 0.736. The number of nitrogens with zero attached hydrogens (tertiary/aromatic N) is 4. The Labute approximate surface area is 165 Å². The molecule has 4 aromatic rings. The van der Waals surface area contributed by atoms with Crippen molar-refractivity contribution in [3.05, 3.63) is 67.6 Å². The Kier molecular flexibility index (Phi) is 4.60. The fourth-order valence-electron chi connectivity index (χ4n) is 2.29. The van der Waals surface area contributed by atoms with Crippen molar-refractivity contribution < 1.29 is 0 Å². The van der Waals surface area contributed by atoms with Crippen LogP contribution < -0.4 is 0 Å². The lowest BCUT2D eigenvalue weighted by Crippen LogP contribution is -1.91. The van der Waals surface area contributed by atoms with Crippen LogP contribution in [0.3, 0.4) is 0 Å². The number of rotatable bonds is 3. The highest BCUT2D eigenvalue weighted by Crippen LogP contribution is 2.28. The van der Waals surface area contributed by atoms with E-state index in [1.54, 1.807) is 10.6 Å². The molecule has 0 bridgehead atoms. The van der Waals surface area contributed by atoms with E-state index in [0.29, 0.717) is 15.9 Å². The van der Waals surface area contributed by atoms with Crippen LogP contribution in [0, 0.1) is 0 Å². The molecule has 0 amide bonds. The molecule has 0 N–H and O–H groups in total. The van der Waals surface area contributed by atoms with Gasteiger partial charge in [-0.25, -0.2) is 0 Å². The van der Waals surface area contributed by atoms with Crippen LogP contribution in [0.2, 0.25) is 10.0 Å². The zero-order valence-electron chi connectivity index (χ0n) is 12.5. The predicted octanol–water partition coefficient (Wildman–Crippen LogP) is 6.09. The molecule has 2 heterocycles. The summed E-state index contributed by atoms with van der Waals surface area (Å²) in [6.07, 6.45) is 3.86. The molecule has 0 unspecified atom stereocenters. The molecule has 0 saturated carbocycles. The van der Waals surface area contributed by atoms with Crippen LogP contribution in [0.15, 0.2) is 46.9 Å². The molecule has 0 fully saturated rings. The standard InChI is InChI=1S/C17H9BrCl2N4S/c18-12-4-2-1-3-11(12)16-21-22-17-24(16)23-15(25-17)8-6-10-5-7-13(19)14(20)9-10/h1-9H. The van der Waals surface area contributed by atoms with Gasteiger partial charge in [0.1, 0.15) is 5.01 Å². The lowest BCUT2D eigenvalue weighted by molar-refractivity contribution is 0.959. The summed E-state index contributed by atoms with van der Waals surface area (Å²) in [6, 6.07) is 13.3. The normalized spacial score (nSPS) is 11.6. The molecule has 0 spiro atoms. The minimum atomic E-state index is 0.526. The molecule has 0 aliphatic heterocycles. The van der Waals surface area contributed by atoms with Crippen LogP contribution in [0.5, 0.6) is 0 Å². The van der Waals surface area contributed by atoms with Gasteiger partial charge in [-0.2, -0.15) is 9.61 Å². The molecule has 0 radical (unpaired) electrons. The highest BCUT2D eigenvalue weighted by atomic mass is 79.9. The maximum atomic E-state index is 6.04. The van der Waals surface area contributed by atoms with E-state index >= 15 is 0 Å². The van der Waals surface area contributed by atoms with Crippen molar-refractivity contribution in [2.24, 2.45) is 0 Å². The van der Waals surface area contributed by atoms with Gasteiger partial charge in [-0.05, 0) is 35.9 Å². The first-order valence-electron chi connectivity index (χ1n) is 7.22. The van der Waals surface area contributed by atoms with E-state index in [-0.39, 0.29) is 0 Å². The summed E-state index contributed by atoms with van der Waals surface area (Å²) in [5.41, 5.74) is 1.90. The molecule has 2 aromatic heterocycles. The molecule has 4 rings (SSSR count). The first-order chi connectivity index (χ1) is 12.1. The minimum Gasteiger partial charge on any atom is -0.182 e. The average Bonchev–Trinajstić information content (AvgIpc) is 3.17. The van der Waals surface area contributed by atoms with E-state index in [0.717, 1.165) is 25.6 Å². The van der Waals surface area contributed by atoms with E-state index in [4.69, 9.17) is 23.2 Å². The van der Waals surface area contributed by atoms with Crippen LogP contribution in [-0.2, 0) is 0 Å². The van der Waals surface area contributed by atoms with Gasteiger partial charge >= 0.3 is 0 Å². The van der Waals surface area contributed by atoms with Crippen LogP contribution in [-0.4, -0.2) is 19.8 Å². The lowest BCUT2D eigenvalue weighted by Gasteiger charge is -1.99. The maximum absolute atomic E-state index is 6.04. The van der Waals surface area contributed by atoms with Crippen molar-refractivity contribution in [2.45, 2.75) is 0 Å². The Bertz CT molecular complexity index is 1100. The van der Waals surface area contributed by atoms with Crippen molar-refractivity contribution in [3.8, 4) is 11.4 Å². The number of fused-ring (bicyclic) bond motifs is 1. The second-order valence-corrected chi connectivity index (χ2v) is 7.80. The number of hydrogen-bond acceptors (Lipinski definition) is 4. The Balaban J connectivity index is 1.69. The number of hydrogen-bond donors (Lipinski definition) is 0. The van der Waals surface area contributed by atoms with Crippen LogP contribution in [0.25, 0.3) is 28.5 Å². The zero-order valence-corrected chi connectivity index (χ0v) is 16.4. The van der Waals surface area contributed by atoms with E-state index in [9.17, 15) is 0 Å². The highest BCUT2D eigenvalue weighted by molar-refractivity contribution is 9.10. The molecule has 0 aliphatic rings. The summed E-state index contributed by atoms with van der Waals surface area (Å²) in [5.74, 6) is 0.702. The van der Waals surface area contributed by atoms with Crippen LogP contribution >= 0.6 is 50.5 Å². The minimum absolute atomic E-state index is 0.526. The van der Waals surface area contributed by atoms with Gasteiger partial charge in [-0.1, -0.05) is 74.7 Å². The Morgan fingerprint density at radius 2 is 1.84 bits per heavy atom. The smallest absolute Gasteiger partial charge is 0.182 e. The third-order valence-electron chi connectivity index (χ3n) is 3.48. The third-order valence-corrected chi connectivity index (χ3v) is 5.78. The van der Waals surface area contributed by atoms with Crippen LogP contribution in [0.1, 0.15) is 10.6 Å². The van der Waals surface area contributed by atoms with Crippen molar-refractivity contribution in [3.63, 3.8) is 0 Å². The van der Waals surface area contributed by atoms with Crippen molar-refractivity contribution in [1.29, 1.82) is 0 Å². The lowest BCUT2D eigenvalue weighted by atomic mass is 10.2. The fraction of sp³-hybridized carbons (Fsp3) is 0. The molecule has 0 aliphatic carbocycles. The summed E-state index contributed by atoms with van der Waals surface area (Å²) >= 11 is 17.0. The zero-order chi connectivity index (χ0) is 17.4. The Morgan fingerprint density at radius 3 is 2.64 bits per heavy atom. The second kappa shape index (κ2) is 6.88. The predicted molar refractivity (Wildman–Crippen MR) is 107 cm³/mol. The first-order valence-corrected chi connectivity index (χ1v) is 9.58. The summed E-state index contributed by atoms with van der Waals surface area (Å²) in [5, 5.41) is 14.9. The van der Waals surface area contributed by atoms with E-state index in [2.05, 4.69) is 31.2 Å². The first kappa shape index (κ1) is 16.7. The molecule has 8 heteroatoms. The Hall–Kier alpha value is -1.73. The topological polar surface area (TPSA) is 43.1 Å². The quantitative estimate of drug-likeness (QED) is 0.378. The molecule has 2 aromatic carbocycles. The number of benzene rings is 2. The average molecular weight is 452 g/mol. The van der Waals surface area contributed by atoms with Crippen molar-refractivity contribution >= 4 is 67.6 Å². The summed E-state index contributed by atoms with van der Waals surface area (Å²) in [7, 11) is 0. The second-order valence-electron chi connectivity index (χ2n) is 5.15. The number of halogens is 3. The number of aromatic nitrogens is 4. The largest absolute Gasteiger partial charge is 0.235 e.